The number of hydrogen-bond donors (Lipinski definition) is 3. The Morgan fingerprint density at radius 2 is 1.79 bits per heavy atom. The van der Waals surface area contributed by atoms with Crippen LogP contribution in [-0.2, 0) is 16.1 Å². The molecule has 2 fully saturated rings. The Morgan fingerprint density at radius 3 is 2.52 bits per heavy atom. The van der Waals surface area contributed by atoms with Crippen LogP contribution in [-0.4, -0.2) is 53.7 Å². The predicted molar refractivity (Wildman–Crippen MR) is 105 cm³/mol. The quantitative estimate of drug-likeness (QED) is 0.626. The molecule has 0 spiro atoms. The number of piperidine rings is 2. The summed E-state index contributed by atoms with van der Waals surface area (Å²) in [6.45, 7) is 4.88. The summed E-state index contributed by atoms with van der Waals surface area (Å²) in [4.78, 5) is 50.1. The van der Waals surface area contributed by atoms with E-state index >= 15 is 0 Å². The fraction of sp³-hybridized carbons (Fsp3) is 0.524. The second-order valence-corrected chi connectivity index (χ2v) is 8.08. The second kappa shape index (κ2) is 8.04. The van der Waals surface area contributed by atoms with Gasteiger partial charge in [-0.05, 0) is 62.9 Å². The molecule has 1 unspecified atom stereocenters. The molecule has 3 aliphatic heterocycles. The first-order chi connectivity index (χ1) is 14.0. The zero-order chi connectivity index (χ0) is 20.5. The smallest absolute Gasteiger partial charge is 0.262 e. The molecule has 4 rings (SSSR count). The van der Waals surface area contributed by atoms with Crippen molar-refractivity contribution in [2.75, 3.05) is 13.1 Å². The van der Waals surface area contributed by atoms with Crippen LogP contribution in [0.2, 0.25) is 0 Å². The van der Waals surface area contributed by atoms with E-state index < -0.39 is 23.8 Å². The van der Waals surface area contributed by atoms with Gasteiger partial charge in [0.05, 0.1) is 11.1 Å². The van der Waals surface area contributed by atoms with E-state index in [4.69, 9.17) is 0 Å². The number of carbonyl (C=O) groups is 4. The molecule has 8 heteroatoms. The van der Waals surface area contributed by atoms with Crippen molar-refractivity contribution in [2.24, 2.45) is 5.92 Å². The largest absolute Gasteiger partial charge is 0.317 e. The van der Waals surface area contributed by atoms with Gasteiger partial charge in [-0.15, -0.1) is 0 Å². The number of amides is 4. The van der Waals surface area contributed by atoms with Crippen molar-refractivity contribution in [1.82, 2.24) is 20.9 Å². The molecule has 3 aliphatic rings. The maximum absolute atomic E-state index is 12.9. The number of rotatable bonds is 5. The third kappa shape index (κ3) is 3.82. The molecule has 29 heavy (non-hydrogen) atoms. The van der Waals surface area contributed by atoms with E-state index in [1.165, 1.54) is 0 Å². The van der Waals surface area contributed by atoms with Gasteiger partial charge in [-0.1, -0.05) is 6.07 Å². The van der Waals surface area contributed by atoms with Gasteiger partial charge in [-0.3, -0.25) is 29.4 Å². The van der Waals surface area contributed by atoms with Gasteiger partial charge in [0.25, 0.3) is 11.8 Å². The van der Waals surface area contributed by atoms with Crippen molar-refractivity contribution < 1.29 is 19.2 Å². The monoisotopic (exact) mass is 398 g/mol. The first-order valence-electron chi connectivity index (χ1n) is 10.2. The lowest BCUT2D eigenvalue weighted by atomic mass is 9.91. The van der Waals surface area contributed by atoms with E-state index in [-0.39, 0.29) is 18.7 Å². The zero-order valence-corrected chi connectivity index (χ0v) is 16.5. The fourth-order valence-corrected chi connectivity index (χ4v) is 4.42. The summed E-state index contributed by atoms with van der Waals surface area (Å²) in [5.74, 6) is -1.28. The first kappa shape index (κ1) is 19.7. The maximum atomic E-state index is 12.9. The van der Waals surface area contributed by atoms with Crippen LogP contribution >= 0.6 is 0 Å². The zero-order valence-electron chi connectivity index (χ0n) is 16.5. The van der Waals surface area contributed by atoms with Crippen LogP contribution in [0.1, 0.15) is 58.9 Å². The minimum atomic E-state index is -0.929. The number of nitrogens with one attached hydrogen (secondary N) is 3. The lowest BCUT2D eigenvalue weighted by Gasteiger charge is -2.29. The Hall–Kier alpha value is -2.58. The summed E-state index contributed by atoms with van der Waals surface area (Å²) in [7, 11) is 0. The molecule has 0 aromatic heterocycles. The Kier molecular flexibility index (Phi) is 5.47. The average molecular weight is 398 g/mol. The van der Waals surface area contributed by atoms with Gasteiger partial charge < -0.3 is 10.6 Å². The minimum absolute atomic E-state index is 0.119. The molecular formula is C21H26N4O4. The third-order valence-electron chi connectivity index (χ3n) is 6.22. The summed E-state index contributed by atoms with van der Waals surface area (Å²) in [5.41, 5.74) is 1.57. The third-order valence-corrected chi connectivity index (χ3v) is 6.22. The molecule has 0 radical (unpaired) electrons. The Balaban J connectivity index is 1.45. The number of nitrogens with zero attached hydrogens (tertiary/aromatic N) is 1. The van der Waals surface area contributed by atoms with E-state index in [0.717, 1.165) is 36.4 Å². The molecule has 2 saturated heterocycles. The van der Waals surface area contributed by atoms with Gasteiger partial charge in [-0.25, -0.2) is 0 Å². The highest BCUT2D eigenvalue weighted by Crippen LogP contribution is 2.28. The molecule has 1 aromatic carbocycles. The van der Waals surface area contributed by atoms with Crippen LogP contribution in [0.3, 0.4) is 0 Å². The highest BCUT2D eigenvalue weighted by Gasteiger charge is 2.44. The van der Waals surface area contributed by atoms with Gasteiger partial charge in [0.2, 0.25) is 11.8 Å². The number of hydrogen-bond acceptors (Lipinski definition) is 6. The molecule has 1 aromatic rings. The van der Waals surface area contributed by atoms with Crippen molar-refractivity contribution in [3.8, 4) is 0 Å². The summed E-state index contributed by atoms with van der Waals surface area (Å²) in [5, 5.41) is 9.11. The number of benzene rings is 1. The Bertz CT molecular complexity index is 862. The van der Waals surface area contributed by atoms with E-state index in [9.17, 15) is 19.2 Å². The van der Waals surface area contributed by atoms with Gasteiger partial charge >= 0.3 is 0 Å². The SMILES string of the molecule is C[C@H](NCc1ccc2c(c1)C(=O)N(C1CCC(=O)NC1=O)C2=O)C1CCNCC1. The van der Waals surface area contributed by atoms with Crippen molar-refractivity contribution in [2.45, 2.75) is 51.2 Å². The van der Waals surface area contributed by atoms with Gasteiger partial charge in [0, 0.05) is 19.0 Å². The molecule has 0 saturated carbocycles. The predicted octanol–water partition coefficient (Wildman–Crippen LogP) is 0.566. The Morgan fingerprint density at radius 1 is 1.07 bits per heavy atom. The topological polar surface area (TPSA) is 108 Å². The summed E-state index contributed by atoms with van der Waals surface area (Å²) >= 11 is 0. The molecule has 154 valence electrons. The van der Waals surface area contributed by atoms with E-state index in [2.05, 4.69) is 22.9 Å². The molecular weight excluding hydrogens is 372 g/mol. The van der Waals surface area contributed by atoms with Gasteiger partial charge in [0.1, 0.15) is 6.04 Å². The average Bonchev–Trinajstić information content (AvgIpc) is 2.97. The second-order valence-electron chi connectivity index (χ2n) is 8.08. The van der Waals surface area contributed by atoms with Crippen LogP contribution in [0.5, 0.6) is 0 Å². The molecule has 3 heterocycles. The van der Waals surface area contributed by atoms with Gasteiger partial charge in [-0.2, -0.15) is 0 Å². The number of carbonyl (C=O) groups excluding carboxylic acids is 4. The highest BCUT2D eigenvalue weighted by atomic mass is 16.2. The van der Waals surface area contributed by atoms with Crippen molar-refractivity contribution in [3.63, 3.8) is 0 Å². The summed E-state index contributed by atoms with van der Waals surface area (Å²) in [6.07, 6.45) is 2.57. The van der Waals surface area contributed by atoms with E-state index in [0.29, 0.717) is 29.6 Å². The summed E-state index contributed by atoms with van der Waals surface area (Å²) < 4.78 is 0. The van der Waals surface area contributed by atoms with E-state index in [1.54, 1.807) is 12.1 Å². The number of fused-ring (bicyclic) bond motifs is 1. The van der Waals surface area contributed by atoms with Crippen LogP contribution in [0, 0.1) is 5.92 Å². The molecule has 3 N–H and O–H groups in total. The fourth-order valence-electron chi connectivity index (χ4n) is 4.42. The minimum Gasteiger partial charge on any atom is -0.317 e. The maximum Gasteiger partial charge on any atom is 0.262 e. The van der Waals surface area contributed by atoms with Crippen molar-refractivity contribution >= 4 is 23.6 Å². The molecule has 8 nitrogen and oxygen atoms in total. The van der Waals surface area contributed by atoms with Crippen LogP contribution in [0.15, 0.2) is 18.2 Å². The highest BCUT2D eigenvalue weighted by molar-refractivity contribution is 6.23. The molecule has 2 atom stereocenters. The van der Waals surface area contributed by atoms with Crippen LogP contribution in [0.25, 0.3) is 0 Å². The molecule has 0 aliphatic carbocycles. The molecule has 0 bridgehead atoms. The lowest BCUT2D eigenvalue weighted by Crippen LogP contribution is -2.54. The first-order valence-corrected chi connectivity index (χ1v) is 10.2. The van der Waals surface area contributed by atoms with E-state index in [1.807, 2.05) is 6.07 Å². The number of imide groups is 2. The molecule has 4 amide bonds. The Labute approximate surface area is 169 Å². The van der Waals surface area contributed by atoms with Crippen molar-refractivity contribution in [1.29, 1.82) is 0 Å². The lowest BCUT2D eigenvalue weighted by molar-refractivity contribution is -0.136. The van der Waals surface area contributed by atoms with Crippen molar-refractivity contribution in [3.05, 3.63) is 34.9 Å². The van der Waals surface area contributed by atoms with Crippen LogP contribution in [0.4, 0.5) is 0 Å². The standard InChI is InChI=1S/C21H26N4O4/c1-12(14-6-8-22-9-7-14)23-11-13-2-3-15-16(10-13)21(29)25(20(15)28)17-4-5-18(26)24-19(17)27/h2-3,10,12,14,17,22-23H,4-9,11H2,1H3,(H,24,26,27)/t12-,17?/m0/s1. The normalized spacial score (nSPS) is 23.9. The summed E-state index contributed by atoms with van der Waals surface area (Å²) in [6, 6.07) is 4.68. The van der Waals surface area contributed by atoms with Crippen LogP contribution < -0.4 is 16.0 Å². The van der Waals surface area contributed by atoms with Gasteiger partial charge in [0.15, 0.2) is 0 Å².